The Hall–Kier alpha value is -2.79. The Morgan fingerprint density at radius 1 is 0.737 bits per heavy atom. The molecule has 0 aliphatic heterocycles. The number of aryl methyl sites for hydroxylation is 2. The molecule has 0 spiro atoms. The molecule has 0 fully saturated rings. The van der Waals surface area contributed by atoms with Gasteiger partial charge in [-0.1, -0.05) is 128 Å². The molecule has 5 aromatic carbocycles. The Morgan fingerprint density at radius 2 is 1.35 bits per heavy atom. The molecule has 0 saturated carbocycles. The molecule has 7 heteroatoms. The maximum atomic E-state index is 15.0. The third kappa shape index (κ3) is 9.04. The van der Waals surface area contributed by atoms with Crippen molar-refractivity contribution < 1.29 is 30.0 Å². The van der Waals surface area contributed by atoms with Crippen molar-refractivity contribution in [2.45, 2.75) is 89.1 Å². The summed E-state index contributed by atoms with van der Waals surface area (Å²) in [6, 6.07) is 41.0. The summed E-state index contributed by atoms with van der Waals surface area (Å²) in [5, 5.41) is 1.41. The van der Waals surface area contributed by atoms with Crippen LogP contribution >= 0.6 is 17.0 Å². The van der Waals surface area contributed by atoms with Gasteiger partial charge in [-0.15, -0.1) is 0 Å². The molecule has 0 N–H and O–H groups in total. The summed E-state index contributed by atoms with van der Waals surface area (Å²) in [6.45, 7) is 12.2. The summed E-state index contributed by atoms with van der Waals surface area (Å²) >= 11 is -0.826. The van der Waals surface area contributed by atoms with Crippen LogP contribution in [-0.4, -0.2) is 24.8 Å². The van der Waals surface area contributed by atoms with E-state index < -0.39 is 28.9 Å². The van der Waals surface area contributed by atoms with Crippen LogP contribution in [0.3, 0.4) is 0 Å². The third-order valence-electron chi connectivity index (χ3n) is 12.0. The molecule has 3 atom stereocenters. The summed E-state index contributed by atoms with van der Waals surface area (Å²) in [6.07, 6.45) is 5.30. The Balaban J connectivity index is 0.00000120. The molecule has 6 aromatic rings. The molecule has 2 aliphatic carbocycles. The Labute approximate surface area is 361 Å². The first-order valence-corrected chi connectivity index (χ1v) is 28.9. The number of ether oxygens (including phenoxy) is 1. The predicted octanol–water partition coefficient (Wildman–Crippen LogP) is 15.0. The van der Waals surface area contributed by atoms with E-state index in [2.05, 4.69) is 131 Å². The number of unbranched alkanes of at least 4 members (excludes halogenated alkanes) is 3. The summed E-state index contributed by atoms with van der Waals surface area (Å²) < 4.78 is 23.5. The van der Waals surface area contributed by atoms with Crippen LogP contribution in [0.25, 0.3) is 33.3 Å². The summed E-state index contributed by atoms with van der Waals surface area (Å²) in [7, 11) is 9.78. The van der Waals surface area contributed by atoms with E-state index in [0.717, 1.165) is 18.6 Å². The normalized spacial score (nSPS) is 15.8. The molecule has 3 unspecified atom stereocenters. The molecule has 1 aromatic heterocycles. The fraction of sp³-hybridized carbons (Fsp3) is 0.320. The van der Waals surface area contributed by atoms with E-state index >= 15 is 0 Å². The molecule has 0 radical (unpaired) electrons. The van der Waals surface area contributed by atoms with Gasteiger partial charge in [-0.3, -0.25) is 0 Å². The molecule has 8 rings (SSSR count). The van der Waals surface area contributed by atoms with Crippen molar-refractivity contribution >= 4 is 36.0 Å². The van der Waals surface area contributed by atoms with Crippen LogP contribution < -0.4 is 0 Å². The van der Waals surface area contributed by atoms with Crippen LogP contribution in [0.2, 0.25) is 12.6 Å². The molecule has 1 heterocycles. The SMILES string of the molecule is Cc1ccc2c(c1)c1c(n2C)-c2ccccc2C1[Si](C)(CCCCCCOC(C)(C)C)C1c2ccccc2-c2ccc(Cc3ccccc3F)cc21.[CH3-].[CH3-].[Cl][Zr+2][Cl]. The van der Waals surface area contributed by atoms with Crippen LogP contribution in [0.4, 0.5) is 4.39 Å². The summed E-state index contributed by atoms with van der Waals surface area (Å²) in [4.78, 5) is 0. The second-order valence-corrected chi connectivity index (χ2v) is 25.2. The van der Waals surface area contributed by atoms with Crippen molar-refractivity contribution in [3.05, 3.63) is 169 Å². The van der Waals surface area contributed by atoms with Gasteiger partial charge in [-0.25, -0.2) is 4.39 Å². The zero-order chi connectivity index (χ0) is 38.9. The van der Waals surface area contributed by atoms with Crippen molar-refractivity contribution in [1.29, 1.82) is 0 Å². The van der Waals surface area contributed by atoms with Crippen LogP contribution in [0.1, 0.15) is 96.5 Å². The van der Waals surface area contributed by atoms with E-state index in [4.69, 9.17) is 21.8 Å². The van der Waals surface area contributed by atoms with Gasteiger partial charge in [0.05, 0.1) is 19.4 Å². The average Bonchev–Trinajstić information content (AvgIpc) is 3.78. The number of halogens is 3. The molecule has 0 amide bonds. The monoisotopic (exact) mass is 895 g/mol. The van der Waals surface area contributed by atoms with Gasteiger partial charge in [-0.2, -0.15) is 0 Å². The molecule has 0 bridgehead atoms. The minimum absolute atomic E-state index is 0. The van der Waals surface area contributed by atoms with E-state index in [0.29, 0.717) is 17.5 Å². The summed E-state index contributed by atoms with van der Waals surface area (Å²) in [5.74, 6) is -0.128. The number of hydrogen-bond acceptors (Lipinski definition) is 1. The van der Waals surface area contributed by atoms with E-state index in [1.807, 2.05) is 12.1 Å². The van der Waals surface area contributed by atoms with Crippen LogP contribution in [0, 0.1) is 27.6 Å². The first-order valence-electron chi connectivity index (χ1n) is 19.7. The van der Waals surface area contributed by atoms with Crippen molar-refractivity contribution in [2.24, 2.45) is 7.05 Å². The number of benzene rings is 5. The van der Waals surface area contributed by atoms with E-state index in [9.17, 15) is 4.39 Å². The van der Waals surface area contributed by atoms with Gasteiger partial charge >= 0.3 is 37.9 Å². The fourth-order valence-electron chi connectivity index (χ4n) is 9.74. The van der Waals surface area contributed by atoms with Gasteiger partial charge in [0.2, 0.25) is 0 Å². The standard InChI is InChI=1S/C48H52FNOSi.2CH3.2ClH.Zr/c1-32-23-26-43-41(29-32)44-45(50(43)5)37-19-11-13-21-39(37)47(44)52(6,28-16-8-7-15-27-51-48(2,3)4)46-38-20-12-10-18-35(38)36-25-24-33(31-40(36)46)30-34-17-9-14-22-42(34)49;;;;;/h9-14,17-26,29,31,46-47H,7-8,15-16,27-28,30H2,1-6H3;2*1H3;2*1H;/q;2*-1;;;+4/p-2. The van der Waals surface area contributed by atoms with Gasteiger partial charge in [0.15, 0.2) is 0 Å². The molecule has 2 nitrogen and oxygen atoms in total. The topological polar surface area (TPSA) is 14.2 Å². The zero-order valence-corrected chi connectivity index (χ0v) is 40.0. The van der Waals surface area contributed by atoms with Gasteiger partial charge < -0.3 is 24.2 Å². The molecule has 0 saturated heterocycles. The first-order chi connectivity index (χ1) is 26.5. The molecular weight excluding hydrogens is 840 g/mol. The molecule has 57 heavy (non-hydrogen) atoms. The van der Waals surface area contributed by atoms with Crippen LogP contribution in [-0.2, 0) is 39.1 Å². The number of aromatic nitrogens is 1. The minimum atomic E-state index is -2.35. The first kappa shape index (κ1) is 45.3. The predicted molar refractivity (Wildman–Crippen MR) is 243 cm³/mol. The second-order valence-electron chi connectivity index (χ2n) is 16.8. The zero-order valence-electron chi connectivity index (χ0n) is 35.0. The number of nitrogens with zero attached hydrogens (tertiary/aromatic N) is 1. The van der Waals surface area contributed by atoms with Crippen LogP contribution in [0.5, 0.6) is 0 Å². The molecular formula is C50H58Cl2FNOSiZr. The van der Waals surface area contributed by atoms with Gasteiger partial charge in [0.25, 0.3) is 0 Å². The average molecular weight is 898 g/mol. The van der Waals surface area contributed by atoms with Gasteiger partial charge in [0.1, 0.15) is 5.82 Å². The number of rotatable bonds is 11. The summed E-state index contributed by atoms with van der Waals surface area (Å²) in [5.41, 5.74) is 16.7. The Kier molecular flexibility index (Phi) is 15.2. The second kappa shape index (κ2) is 19.1. The number of hydrogen-bond donors (Lipinski definition) is 0. The molecule has 2 aliphatic rings. The molecule has 298 valence electrons. The van der Waals surface area contributed by atoms with Crippen molar-refractivity contribution in [2.75, 3.05) is 6.61 Å². The quantitative estimate of drug-likeness (QED) is 0.0718. The fourth-order valence-corrected chi connectivity index (χ4v) is 15.5. The number of fused-ring (bicyclic) bond motifs is 8. The van der Waals surface area contributed by atoms with E-state index in [1.165, 1.54) is 86.4 Å². The third-order valence-corrected chi connectivity index (χ3v) is 17.3. The maximum absolute atomic E-state index is 15.0. The van der Waals surface area contributed by atoms with E-state index in [-0.39, 0.29) is 26.3 Å². The Morgan fingerprint density at radius 3 is 2.05 bits per heavy atom. The Bertz CT molecular complexity index is 2310. The van der Waals surface area contributed by atoms with Crippen LogP contribution in [0.15, 0.2) is 109 Å². The van der Waals surface area contributed by atoms with Gasteiger partial charge in [-0.05, 0) is 96.8 Å². The van der Waals surface area contributed by atoms with Crippen molar-refractivity contribution in [3.8, 4) is 22.4 Å². The van der Waals surface area contributed by atoms with Crippen molar-refractivity contribution in [1.82, 2.24) is 4.57 Å². The van der Waals surface area contributed by atoms with Gasteiger partial charge in [0, 0.05) is 47.6 Å². The van der Waals surface area contributed by atoms with E-state index in [1.54, 1.807) is 17.7 Å². The van der Waals surface area contributed by atoms with Crippen molar-refractivity contribution in [3.63, 3.8) is 0 Å².